The topological polar surface area (TPSA) is 112 Å². The SMILES string of the molecule is CC(C)[C@@H](C)[C@@]1(C)CC[C@]2(C)[C@H]3CC[C@@H]4C5(COC[C@]4(C)[C@@H](OC[C@@](C)(N)C(C)(C)C)[C@H](n4ncnc4Br)C5)C3=CC[C@@]2(C)[C@@H]1C(=O)O. The van der Waals surface area contributed by atoms with E-state index in [4.69, 9.17) is 20.3 Å². The van der Waals surface area contributed by atoms with Crippen LogP contribution in [0, 0.1) is 62.1 Å². The minimum absolute atomic E-state index is 0.0585. The van der Waals surface area contributed by atoms with Crippen LogP contribution >= 0.6 is 15.9 Å². The van der Waals surface area contributed by atoms with Crippen molar-refractivity contribution in [3.05, 3.63) is 22.7 Å². The molecule has 2 heterocycles. The number of ether oxygens (including phenoxy) is 2. The van der Waals surface area contributed by atoms with Crippen molar-refractivity contribution in [3.8, 4) is 0 Å². The van der Waals surface area contributed by atoms with Gasteiger partial charge >= 0.3 is 5.97 Å². The van der Waals surface area contributed by atoms with E-state index in [2.05, 4.69) is 103 Å². The van der Waals surface area contributed by atoms with Crippen LogP contribution in [0.5, 0.6) is 0 Å². The van der Waals surface area contributed by atoms with E-state index in [0.717, 1.165) is 38.5 Å². The first kappa shape index (κ1) is 36.5. The Bertz CT molecular complexity index is 1450. The highest BCUT2D eigenvalue weighted by molar-refractivity contribution is 9.10. The Morgan fingerprint density at radius 3 is 2.40 bits per heavy atom. The summed E-state index contributed by atoms with van der Waals surface area (Å²) in [6.45, 7) is 26.6. The molecule has 4 fully saturated rings. The van der Waals surface area contributed by atoms with Crippen LogP contribution in [-0.4, -0.2) is 57.3 Å². The van der Waals surface area contributed by atoms with Crippen LogP contribution in [-0.2, 0) is 14.3 Å². The maximum absolute atomic E-state index is 13.5. The summed E-state index contributed by atoms with van der Waals surface area (Å²) in [6, 6.07) is -0.0585. The van der Waals surface area contributed by atoms with Gasteiger partial charge in [-0.15, -0.1) is 0 Å². The van der Waals surface area contributed by atoms with Gasteiger partial charge in [-0.25, -0.2) is 9.67 Å². The van der Waals surface area contributed by atoms with Gasteiger partial charge in [0, 0.05) is 16.4 Å². The van der Waals surface area contributed by atoms with E-state index < -0.39 is 17.4 Å². The van der Waals surface area contributed by atoms with Crippen LogP contribution < -0.4 is 5.73 Å². The molecule has 6 rings (SSSR count). The molecular weight excluding hydrogens is 668 g/mol. The molecular formula is C39H63BrN4O4. The van der Waals surface area contributed by atoms with E-state index in [1.54, 1.807) is 6.33 Å². The van der Waals surface area contributed by atoms with Gasteiger partial charge in [-0.05, 0) is 107 Å². The van der Waals surface area contributed by atoms with Gasteiger partial charge in [0.1, 0.15) is 6.33 Å². The third kappa shape index (κ3) is 4.92. The lowest BCUT2D eigenvalue weighted by Crippen LogP contribution is -2.69. The van der Waals surface area contributed by atoms with E-state index in [-0.39, 0.29) is 44.6 Å². The molecule has 3 saturated carbocycles. The average molecular weight is 732 g/mol. The molecule has 48 heavy (non-hydrogen) atoms. The molecule has 1 aromatic heterocycles. The number of halogens is 1. The largest absolute Gasteiger partial charge is 0.481 e. The highest BCUT2D eigenvalue weighted by atomic mass is 79.9. The number of allylic oxidation sites excluding steroid dienone is 1. The summed E-state index contributed by atoms with van der Waals surface area (Å²) >= 11 is 3.72. The molecule has 8 nitrogen and oxygen atoms in total. The number of carboxylic acid groups (broad SMARTS) is 1. The second kappa shape index (κ2) is 11.6. The maximum atomic E-state index is 13.5. The van der Waals surface area contributed by atoms with Gasteiger partial charge in [0.05, 0.1) is 37.9 Å². The zero-order valence-electron chi connectivity index (χ0n) is 31.5. The van der Waals surface area contributed by atoms with Crippen molar-refractivity contribution < 1.29 is 19.4 Å². The molecule has 2 bridgehead atoms. The summed E-state index contributed by atoms with van der Waals surface area (Å²) in [6.07, 6.45) is 9.75. The predicted molar refractivity (Wildman–Crippen MR) is 192 cm³/mol. The van der Waals surface area contributed by atoms with Gasteiger partial charge < -0.3 is 20.3 Å². The van der Waals surface area contributed by atoms with Crippen molar-refractivity contribution in [1.82, 2.24) is 14.8 Å². The molecule has 0 amide bonds. The quantitative estimate of drug-likeness (QED) is 0.271. The summed E-state index contributed by atoms with van der Waals surface area (Å²) in [5.41, 5.74) is 6.59. The van der Waals surface area contributed by atoms with Crippen molar-refractivity contribution >= 4 is 21.9 Å². The third-order valence-electron chi connectivity index (χ3n) is 16.2. The minimum atomic E-state index is -0.619. The van der Waals surface area contributed by atoms with Crippen molar-refractivity contribution in [3.63, 3.8) is 0 Å². The second-order valence-electron chi connectivity index (χ2n) is 19.5. The number of aromatic nitrogens is 3. The second-order valence-corrected chi connectivity index (χ2v) is 20.2. The third-order valence-corrected chi connectivity index (χ3v) is 16.8. The number of carbonyl (C=O) groups is 1. The molecule has 1 aromatic rings. The molecule has 0 aromatic carbocycles. The number of carboxylic acids is 1. The fourth-order valence-electron chi connectivity index (χ4n) is 12.1. The number of rotatable bonds is 7. The molecule has 3 N–H and O–H groups in total. The molecule has 4 aliphatic carbocycles. The first-order chi connectivity index (χ1) is 22.1. The standard InChI is InChI=1S/C39H63BrN4O4/c1-23(2)24(3)34(7)16-17-36(9)25-12-13-28-35(8)19-47-21-39(28,26(25)14-15-37(36,10)29(34)31(45)46)18-27(44-32(40)42-22-43-44)30(35)48-20-38(11,41)33(4,5)6/h14,22-25,27-30H,12-13,15-21,41H2,1-11H3,(H,45,46)/t24-,25+,27-,28+,29-,30+,34-,35+,36-,37+,38-,39?/m1/s1. The van der Waals surface area contributed by atoms with Crippen LogP contribution in [0.1, 0.15) is 121 Å². The number of aliphatic carboxylic acids is 1. The highest BCUT2D eigenvalue weighted by Gasteiger charge is 2.72. The fourth-order valence-corrected chi connectivity index (χ4v) is 12.5. The minimum Gasteiger partial charge on any atom is -0.481 e. The van der Waals surface area contributed by atoms with E-state index in [1.165, 1.54) is 5.57 Å². The van der Waals surface area contributed by atoms with Gasteiger partial charge in [-0.2, -0.15) is 5.10 Å². The molecule has 1 aliphatic heterocycles. The molecule has 9 heteroatoms. The Balaban J connectivity index is 1.45. The number of fused-ring (bicyclic) bond motifs is 3. The summed E-state index contributed by atoms with van der Waals surface area (Å²) in [4.78, 5) is 18.0. The lowest BCUT2D eigenvalue weighted by Gasteiger charge is -2.71. The normalized spacial score (nSPS) is 44.5. The molecule has 12 atom stereocenters. The van der Waals surface area contributed by atoms with Crippen molar-refractivity contribution in [2.75, 3.05) is 19.8 Å². The predicted octanol–water partition coefficient (Wildman–Crippen LogP) is 8.32. The Morgan fingerprint density at radius 1 is 1.12 bits per heavy atom. The lowest BCUT2D eigenvalue weighted by atomic mass is 9.34. The average Bonchev–Trinajstić information content (AvgIpc) is 3.41. The summed E-state index contributed by atoms with van der Waals surface area (Å²) in [5.74, 6) is 0.408. The van der Waals surface area contributed by atoms with Crippen molar-refractivity contribution in [1.29, 1.82) is 0 Å². The van der Waals surface area contributed by atoms with E-state index in [9.17, 15) is 9.90 Å². The van der Waals surface area contributed by atoms with E-state index >= 15 is 0 Å². The van der Waals surface area contributed by atoms with Crippen molar-refractivity contribution in [2.24, 2.45) is 67.8 Å². The lowest BCUT2D eigenvalue weighted by molar-refractivity contribution is -0.253. The van der Waals surface area contributed by atoms with Crippen LogP contribution in [0.3, 0.4) is 0 Å². The highest BCUT2D eigenvalue weighted by Crippen LogP contribution is 2.75. The monoisotopic (exact) mass is 730 g/mol. The van der Waals surface area contributed by atoms with Crippen LogP contribution in [0.4, 0.5) is 0 Å². The van der Waals surface area contributed by atoms with Gasteiger partial charge in [0.15, 0.2) is 4.73 Å². The summed E-state index contributed by atoms with van der Waals surface area (Å²) in [7, 11) is 0. The van der Waals surface area contributed by atoms with Crippen molar-refractivity contribution in [2.45, 2.75) is 132 Å². The van der Waals surface area contributed by atoms with Gasteiger partial charge in [0.2, 0.25) is 0 Å². The van der Waals surface area contributed by atoms with Gasteiger partial charge in [0.25, 0.3) is 0 Å². The summed E-state index contributed by atoms with van der Waals surface area (Å²) in [5, 5.41) is 15.8. The van der Waals surface area contributed by atoms with E-state index in [1.807, 2.05) is 4.68 Å². The molecule has 1 saturated heterocycles. The Hall–Kier alpha value is -1.29. The van der Waals surface area contributed by atoms with Gasteiger partial charge in [-0.1, -0.05) is 80.9 Å². The first-order valence-corrected chi connectivity index (χ1v) is 19.4. The zero-order valence-corrected chi connectivity index (χ0v) is 33.1. The Morgan fingerprint density at radius 2 is 1.81 bits per heavy atom. The number of nitrogens with two attached hydrogens (primary N) is 1. The maximum Gasteiger partial charge on any atom is 0.307 e. The Labute approximate surface area is 297 Å². The van der Waals surface area contributed by atoms with E-state index in [0.29, 0.717) is 48.2 Å². The molecule has 1 unspecified atom stereocenters. The Kier molecular flexibility index (Phi) is 8.83. The molecule has 5 aliphatic rings. The smallest absolute Gasteiger partial charge is 0.307 e. The fraction of sp³-hybridized carbons (Fsp3) is 0.872. The number of hydrogen-bond donors (Lipinski definition) is 2. The van der Waals surface area contributed by atoms with Crippen LogP contribution in [0.25, 0.3) is 0 Å². The van der Waals surface area contributed by atoms with Crippen LogP contribution in [0.2, 0.25) is 0 Å². The molecule has 0 radical (unpaired) electrons. The summed E-state index contributed by atoms with van der Waals surface area (Å²) < 4.78 is 16.5. The van der Waals surface area contributed by atoms with Crippen LogP contribution in [0.15, 0.2) is 22.7 Å². The zero-order chi connectivity index (χ0) is 35.5. The number of hydrogen-bond acceptors (Lipinski definition) is 6. The number of nitrogens with zero attached hydrogens (tertiary/aromatic N) is 3. The first-order valence-electron chi connectivity index (χ1n) is 18.6. The molecule has 0 spiro atoms. The van der Waals surface area contributed by atoms with Gasteiger partial charge in [-0.3, -0.25) is 4.79 Å². The molecule has 270 valence electrons.